The van der Waals surface area contributed by atoms with Crippen LogP contribution in [0.5, 0.6) is 0 Å². The van der Waals surface area contributed by atoms with Gasteiger partial charge in [0.05, 0.1) is 5.92 Å². The maximum absolute atomic E-state index is 12.2. The fraction of sp³-hybridized carbons (Fsp3) is 0.214. The molecule has 1 aromatic carbocycles. The predicted octanol–water partition coefficient (Wildman–Crippen LogP) is 2.60. The molecular formula is C14H15NOS. The minimum atomic E-state index is -0.184. The van der Waals surface area contributed by atoms with Crippen molar-refractivity contribution in [1.82, 2.24) is 0 Å². The largest absolute Gasteiger partial charge is 0.329 e. The van der Waals surface area contributed by atoms with Gasteiger partial charge >= 0.3 is 0 Å². The number of ketones is 1. The zero-order valence-electron chi connectivity index (χ0n) is 9.50. The van der Waals surface area contributed by atoms with Crippen LogP contribution in [0.25, 0.3) is 0 Å². The van der Waals surface area contributed by atoms with Crippen molar-refractivity contribution < 1.29 is 4.79 Å². The van der Waals surface area contributed by atoms with Crippen LogP contribution in [0.4, 0.5) is 0 Å². The average molecular weight is 245 g/mol. The predicted molar refractivity (Wildman–Crippen MR) is 71.3 cm³/mol. The van der Waals surface area contributed by atoms with Gasteiger partial charge in [0.15, 0.2) is 0 Å². The molecule has 0 radical (unpaired) electrons. The van der Waals surface area contributed by atoms with Crippen molar-refractivity contribution >= 4 is 17.1 Å². The van der Waals surface area contributed by atoms with E-state index < -0.39 is 0 Å². The van der Waals surface area contributed by atoms with Gasteiger partial charge in [-0.15, -0.1) is 0 Å². The lowest BCUT2D eigenvalue weighted by Crippen LogP contribution is -2.23. The molecule has 1 atom stereocenters. The molecule has 0 aliphatic heterocycles. The molecule has 0 saturated heterocycles. The van der Waals surface area contributed by atoms with E-state index in [-0.39, 0.29) is 11.7 Å². The van der Waals surface area contributed by atoms with Gasteiger partial charge in [0.1, 0.15) is 5.78 Å². The third kappa shape index (κ3) is 3.02. The van der Waals surface area contributed by atoms with Crippen LogP contribution >= 0.6 is 11.3 Å². The number of hydrogen-bond donors (Lipinski definition) is 1. The monoisotopic (exact) mass is 245 g/mol. The van der Waals surface area contributed by atoms with Gasteiger partial charge in [0.2, 0.25) is 0 Å². The molecule has 1 aromatic heterocycles. The fourth-order valence-electron chi connectivity index (χ4n) is 1.86. The summed E-state index contributed by atoms with van der Waals surface area (Å²) in [5.74, 6) is 0.00759. The van der Waals surface area contributed by atoms with Gasteiger partial charge in [-0.25, -0.2) is 0 Å². The summed E-state index contributed by atoms with van der Waals surface area (Å²) in [6.07, 6.45) is 0.472. The van der Waals surface area contributed by atoms with E-state index in [1.54, 1.807) is 11.3 Å². The van der Waals surface area contributed by atoms with Gasteiger partial charge in [-0.1, -0.05) is 30.3 Å². The van der Waals surface area contributed by atoms with Crippen molar-refractivity contribution in [3.8, 4) is 0 Å². The summed E-state index contributed by atoms with van der Waals surface area (Å²) in [6.45, 7) is 0.368. The van der Waals surface area contributed by atoms with Gasteiger partial charge in [0.25, 0.3) is 0 Å². The number of benzene rings is 1. The first-order valence-electron chi connectivity index (χ1n) is 5.60. The summed E-state index contributed by atoms with van der Waals surface area (Å²) in [5, 5.41) is 4.00. The average Bonchev–Trinajstić information content (AvgIpc) is 2.84. The first-order chi connectivity index (χ1) is 8.31. The number of Topliss-reactive ketones (excluding diaryl/α,β-unsaturated/α-hetero) is 1. The maximum atomic E-state index is 12.2. The van der Waals surface area contributed by atoms with E-state index >= 15 is 0 Å². The molecule has 0 spiro atoms. The molecule has 2 nitrogen and oxygen atoms in total. The highest BCUT2D eigenvalue weighted by atomic mass is 32.1. The van der Waals surface area contributed by atoms with Crippen LogP contribution in [-0.2, 0) is 11.2 Å². The minimum absolute atomic E-state index is 0.184. The van der Waals surface area contributed by atoms with Gasteiger partial charge in [-0.2, -0.15) is 11.3 Å². The summed E-state index contributed by atoms with van der Waals surface area (Å²) >= 11 is 1.61. The van der Waals surface area contributed by atoms with Crippen molar-refractivity contribution in [2.24, 2.45) is 5.73 Å². The Morgan fingerprint density at radius 2 is 2.00 bits per heavy atom. The van der Waals surface area contributed by atoms with Crippen molar-refractivity contribution in [3.05, 3.63) is 58.3 Å². The van der Waals surface area contributed by atoms with Gasteiger partial charge in [0, 0.05) is 13.0 Å². The SMILES string of the molecule is NCC(C(=O)Cc1ccsc1)c1ccccc1. The lowest BCUT2D eigenvalue weighted by atomic mass is 9.92. The first-order valence-corrected chi connectivity index (χ1v) is 6.54. The molecule has 2 aromatic rings. The quantitative estimate of drug-likeness (QED) is 0.880. The Morgan fingerprint density at radius 1 is 1.24 bits per heavy atom. The Balaban J connectivity index is 2.11. The summed E-state index contributed by atoms with van der Waals surface area (Å²) in [6, 6.07) is 11.7. The smallest absolute Gasteiger partial charge is 0.145 e. The number of carbonyl (C=O) groups excluding carboxylic acids is 1. The molecule has 3 heteroatoms. The highest BCUT2D eigenvalue weighted by molar-refractivity contribution is 7.08. The van der Waals surface area contributed by atoms with E-state index in [1.165, 1.54) is 0 Å². The topological polar surface area (TPSA) is 43.1 Å². The molecule has 0 bridgehead atoms. The molecule has 0 aliphatic rings. The summed E-state index contributed by atoms with van der Waals surface area (Å²) in [7, 11) is 0. The van der Waals surface area contributed by atoms with Gasteiger partial charge < -0.3 is 5.73 Å². The lowest BCUT2D eigenvalue weighted by Gasteiger charge is -2.13. The number of thiophene rings is 1. The van der Waals surface area contributed by atoms with Crippen LogP contribution in [0, 0.1) is 0 Å². The number of hydrogen-bond acceptors (Lipinski definition) is 3. The molecular weight excluding hydrogens is 230 g/mol. The van der Waals surface area contributed by atoms with Crippen LogP contribution < -0.4 is 5.73 Å². The summed E-state index contributed by atoms with van der Waals surface area (Å²) in [4.78, 5) is 12.2. The Labute approximate surface area is 105 Å². The molecule has 0 aliphatic carbocycles. The third-order valence-electron chi connectivity index (χ3n) is 2.78. The highest BCUT2D eigenvalue weighted by Gasteiger charge is 2.18. The number of rotatable bonds is 5. The van der Waals surface area contributed by atoms with Crippen molar-refractivity contribution in [2.45, 2.75) is 12.3 Å². The summed E-state index contributed by atoms with van der Waals surface area (Å²) < 4.78 is 0. The normalized spacial score (nSPS) is 12.3. The van der Waals surface area contributed by atoms with Crippen LogP contribution in [0.1, 0.15) is 17.0 Å². The second-order valence-corrected chi connectivity index (χ2v) is 4.75. The Kier molecular flexibility index (Phi) is 4.07. The third-order valence-corrected chi connectivity index (χ3v) is 3.52. The van der Waals surface area contributed by atoms with E-state index in [4.69, 9.17) is 5.73 Å². The molecule has 1 unspecified atom stereocenters. The zero-order chi connectivity index (χ0) is 12.1. The van der Waals surface area contributed by atoms with E-state index in [0.717, 1.165) is 11.1 Å². The fourth-order valence-corrected chi connectivity index (χ4v) is 2.53. The highest BCUT2D eigenvalue weighted by Crippen LogP contribution is 2.18. The van der Waals surface area contributed by atoms with Gasteiger partial charge in [-0.05, 0) is 28.0 Å². The van der Waals surface area contributed by atoms with Crippen LogP contribution in [0.2, 0.25) is 0 Å². The lowest BCUT2D eigenvalue weighted by molar-refractivity contribution is -0.119. The Morgan fingerprint density at radius 3 is 2.59 bits per heavy atom. The molecule has 2 N–H and O–H groups in total. The van der Waals surface area contributed by atoms with Crippen molar-refractivity contribution in [2.75, 3.05) is 6.54 Å². The molecule has 0 saturated carbocycles. The molecule has 0 amide bonds. The standard InChI is InChI=1S/C14H15NOS/c15-9-13(12-4-2-1-3-5-12)14(16)8-11-6-7-17-10-11/h1-7,10,13H,8-9,15H2. The van der Waals surface area contributed by atoms with Crippen LogP contribution in [-0.4, -0.2) is 12.3 Å². The van der Waals surface area contributed by atoms with Crippen LogP contribution in [0.15, 0.2) is 47.2 Å². The number of nitrogens with two attached hydrogens (primary N) is 1. The van der Waals surface area contributed by atoms with E-state index in [1.807, 2.05) is 47.2 Å². The molecule has 2 rings (SSSR count). The molecule has 17 heavy (non-hydrogen) atoms. The van der Waals surface area contributed by atoms with E-state index in [9.17, 15) is 4.79 Å². The maximum Gasteiger partial charge on any atom is 0.145 e. The number of carbonyl (C=O) groups is 1. The first kappa shape index (κ1) is 12.0. The Hall–Kier alpha value is -1.45. The van der Waals surface area contributed by atoms with Crippen LogP contribution in [0.3, 0.4) is 0 Å². The van der Waals surface area contributed by atoms with Crippen molar-refractivity contribution in [1.29, 1.82) is 0 Å². The molecule has 0 fully saturated rings. The zero-order valence-corrected chi connectivity index (χ0v) is 10.3. The molecule has 1 heterocycles. The van der Waals surface area contributed by atoms with Crippen molar-refractivity contribution in [3.63, 3.8) is 0 Å². The van der Waals surface area contributed by atoms with E-state index in [0.29, 0.717) is 13.0 Å². The van der Waals surface area contributed by atoms with Gasteiger partial charge in [-0.3, -0.25) is 4.79 Å². The Bertz CT molecular complexity index is 464. The minimum Gasteiger partial charge on any atom is -0.329 e. The van der Waals surface area contributed by atoms with E-state index in [2.05, 4.69) is 0 Å². The summed E-state index contributed by atoms with van der Waals surface area (Å²) in [5.41, 5.74) is 7.80. The molecule has 88 valence electrons. The second-order valence-electron chi connectivity index (χ2n) is 3.97. The second kappa shape index (κ2) is 5.75.